The Balaban J connectivity index is 1.68. The lowest BCUT2D eigenvalue weighted by atomic mass is 10.2. The van der Waals surface area contributed by atoms with E-state index in [9.17, 15) is 13.2 Å². The third-order valence-electron chi connectivity index (χ3n) is 4.05. The van der Waals surface area contributed by atoms with Gasteiger partial charge in [0.05, 0.1) is 25.8 Å². The van der Waals surface area contributed by atoms with Crippen molar-refractivity contribution in [2.75, 3.05) is 50.2 Å². The van der Waals surface area contributed by atoms with E-state index in [1.54, 1.807) is 6.07 Å². The number of methoxy groups -OCH3 is 2. The number of pyridine rings is 1. The molecule has 1 aliphatic rings. The van der Waals surface area contributed by atoms with Crippen molar-refractivity contribution in [3.05, 3.63) is 30.0 Å². The zero-order valence-electron chi connectivity index (χ0n) is 14.3. The van der Waals surface area contributed by atoms with Crippen molar-refractivity contribution in [1.29, 1.82) is 0 Å². The standard InChI is InChI=1S/C16H18F3N5O2/c1-25-13-9-14(26-2)22-15(21-13)24-7-5-23(6-8-24)12-4-3-11(10-20-12)16(17,18)19/h3-4,9-10H,5-8H2,1-2H3. The highest BCUT2D eigenvalue weighted by atomic mass is 19.4. The number of aromatic nitrogens is 3. The molecule has 2 aromatic heterocycles. The lowest BCUT2D eigenvalue weighted by Crippen LogP contribution is -2.47. The zero-order valence-corrected chi connectivity index (χ0v) is 14.3. The first-order valence-corrected chi connectivity index (χ1v) is 7.91. The average molecular weight is 369 g/mol. The molecule has 3 rings (SSSR count). The van der Waals surface area contributed by atoms with Crippen LogP contribution >= 0.6 is 0 Å². The van der Waals surface area contributed by atoms with E-state index in [-0.39, 0.29) is 0 Å². The van der Waals surface area contributed by atoms with Crippen LogP contribution in [0.15, 0.2) is 24.4 Å². The number of nitrogens with zero attached hydrogens (tertiary/aromatic N) is 5. The van der Waals surface area contributed by atoms with Crippen molar-refractivity contribution in [1.82, 2.24) is 15.0 Å². The van der Waals surface area contributed by atoms with Crippen LogP contribution in [0.3, 0.4) is 0 Å². The SMILES string of the molecule is COc1cc(OC)nc(N2CCN(c3ccc(C(F)(F)F)cn3)CC2)n1. The Hall–Kier alpha value is -2.78. The third-order valence-corrected chi connectivity index (χ3v) is 4.05. The van der Waals surface area contributed by atoms with Crippen molar-refractivity contribution >= 4 is 11.8 Å². The number of piperazine rings is 1. The fourth-order valence-electron chi connectivity index (χ4n) is 2.62. The molecule has 2 aromatic rings. The van der Waals surface area contributed by atoms with Crippen LogP contribution in [0.5, 0.6) is 11.8 Å². The van der Waals surface area contributed by atoms with Crippen LogP contribution in [0.1, 0.15) is 5.56 Å². The maximum atomic E-state index is 12.6. The minimum Gasteiger partial charge on any atom is -0.481 e. The number of hydrogen-bond acceptors (Lipinski definition) is 7. The Kier molecular flexibility index (Phi) is 5.01. The first-order chi connectivity index (χ1) is 12.4. The molecule has 10 heteroatoms. The molecule has 0 spiro atoms. The van der Waals surface area contributed by atoms with Gasteiger partial charge in [0.25, 0.3) is 0 Å². The minimum absolute atomic E-state index is 0.402. The molecule has 1 saturated heterocycles. The van der Waals surface area contributed by atoms with Crippen LogP contribution in [-0.4, -0.2) is 55.4 Å². The van der Waals surface area contributed by atoms with Crippen molar-refractivity contribution in [3.8, 4) is 11.8 Å². The fraction of sp³-hybridized carbons (Fsp3) is 0.438. The summed E-state index contributed by atoms with van der Waals surface area (Å²) in [5.74, 6) is 1.81. The van der Waals surface area contributed by atoms with E-state index < -0.39 is 11.7 Å². The van der Waals surface area contributed by atoms with E-state index in [0.717, 1.165) is 12.3 Å². The van der Waals surface area contributed by atoms with Crippen LogP contribution in [-0.2, 0) is 6.18 Å². The van der Waals surface area contributed by atoms with Gasteiger partial charge in [-0.15, -0.1) is 0 Å². The molecule has 3 heterocycles. The summed E-state index contributed by atoms with van der Waals surface area (Å²) in [6.07, 6.45) is -3.52. The number of anilines is 2. The Labute approximate surface area is 148 Å². The van der Waals surface area contributed by atoms with Crippen molar-refractivity contribution < 1.29 is 22.6 Å². The zero-order chi connectivity index (χ0) is 18.7. The number of hydrogen-bond donors (Lipinski definition) is 0. The maximum absolute atomic E-state index is 12.6. The van der Waals surface area contributed by atoms with Gasteiger partial charge in [0.2, 0.25) is 17.7 Å². The molecular formula is C16H18F3N5O2. The summed E-state index contributed by atoms with van der Waals surface area (Å²) in [6, 6.07) is 4.03. The average Bonchev–Trinajstić information content (AvgIpc) is 2.67. The molecular weight excluding hydrogens is 351 g/mol. The molecule has 140 valence electrons. The first kappa shape index (κ1) is 18.0. The summed E-state index contributed by atoms with van der Waals surface area (Å²) in [6.45, 7) is 2.36. The molecule has 7 nitrogen and oxygen atoms in total. The molecule has 0 radical (unpaired) electrons. The van der Waals surface area contributed by atoms with Gasteiger partial charge >= 0.3 is 6.18 Å². The van der Waals surface area contributed by atoms with Gasteiger partial charge in [-0.3, -0.25) is 0 Å². The lowest BCUT2D eigenvalue weighted by molar-refractivity contribution is -0.137. The normalized spacial score (nSPS) is 15.1. The monoisotopic (exact) mass is 369 g/mol. The van der Waals surface area contributed by atoms with E-state index >= 15 is 0 Å². The largest absolute Gasteiger partial charge is 0.481 e. The highest BCUT2D eigenvalue weighted by molar-refractivity contribution is 5.44. The third kappa shape index (κ3) is 3.89. The molecule has 0 saturated carbocycles. The van der Waals surface area contributed by atoms with Gasteiger partial charge in [-0.05, 0) is 12.1 Å². The summed E-state index contributed by atoms with van der Waals surface area (Å²) < 4.78 is 48.2. The number of ether oxygens (including phenoxy) is 2. The summed E-state index contributed by atoms with van der Waals surface area (Å²) in [5.41, 5.74) is -0.753. The molecule has 0 unspecified atom stereocenters. The molecule has 26 heavy (non-hydrogen) atoms. The molecule has 0 atom stereocenters. The van der Waals surface area contributed by atoms with Crippen molar-refractivity contribution in [2.24, 2.45) is 0 Å². The smallest absolute Gasteiger partial charge is 0.417 e. The second-order valence-electron chi connectivity index (χ2n) is 5.63. The first-order valence-electron chi connectivity index (χ1n) is 7.91. The van der Waals surface area contributed by atoms with Crippen molar-refractivity contribution in [3.63, 3.8) is 0 Å². The van der Waals surface area contributed by atoms with E-state index in [1.807, 2.05) is 9.80 Å². The summed E-state index contributed by atoms with van der Waals surface area (Å²) in [5, 5.41) is 0. The molecule has 0 aliphatic carbocycles. The fourth-order valence-corrected chi connectivity index (χ4v) is 2.62. The van der Waals surface area contributed by atoms with Gasteiger partial charge < -0.3 is 19.3 Å². The number of halogens is 3. The van der Waals surface area contributed by atoms with Gasteiger partial charge in [-0.1, -0.05) is 0 Å². The molecule has 0 N–H and O–H groups in total. The topological polar surface area (TPSA) is 63.6 Å². The molecule has 1 fully saturated rings. The van der Waals surface area contributed by atoms with Crippen LogP contribution in [0.25, 0.3) is 0 Å². The van der Waals surface area contributed by atoms with E-state index in [1.165, 1.54) is 20.3 Å². The van der Waals surface area contributed by atoms with Gasteiger partial charge in [0.1, 0.15) is 5.82 Å². The van der Waals surface area contributed by atoms with E-state index in [0.29, 0.717) is 49.7 Å². The van der Waals surface area contributed by atoms with E-state index in [2.05, 4.69) is 15.0 Å². The number of rotatable bonds is 4. The number of alkyl halides is 3. The Morgan fingerprint density at radius 2 is 1.50 bits per heavy atom. The quantitative estimate of drug-likeness (QED) is 0.819. The minimum atomic E-state index is -4.38. The Bertz CT molecular complexity index is 724. The summed E-state index contributed by atoms with van der Waals surface area (Å²) >= 11 is 0. The molecule has 1 aliphatic heterocycles. The van der Waals surface area contributed by atoms with Gasteiger partial charge in [0.15, 0.2) is 0 Å². The van der Waals surface area contributed by atoms with Crippen LogP contribution < -0.4 is 19.3 Å². The van der Waals surface area contributed by atoms with Crippen LogP contribution in [0.2, 0.25) is 0 Å². The summed E-state index contributed by atoms with van der Waals surface area (Å²) in [7, 11) is 3.03. The molecule has 0 amide bonds. The Morgan fingerprint density at radius 3 is 1.96 bits per heavy atom. The van der Waals surface area contributed by atoms with Gasteiger partial charge in [-0.2, -0.15) is 23.1 Å². The predicted molar refractivity (Wildman–Crippen MR) is 88.8 cm³/mol. The van der Waals surface area contributed by atoms with Gasteiger partial charge in [-0.25, -0.2) is 4.98 Å². The summed E-state index contributed by atoms with van der Waals surface area (Å²) in [4.78, 5) is 16.5. The molecule has 0 aromatic carbocycles. The second-order valence-corrected chi connectivity index (χ2v) is 5.63. The van der Waals surface area contributed by atoms with E-state index in [4.69, 9.17) is 9.47 Å². The van der Waals surface area contributed by atoms with Crippen LogP contribution in [0, 0.1) is 0 Å². The van der Waals surface area contributed by atoms with Crippen molar-refractivity contribution in [2.45, 2.75) is 6.18 Å². The highest BCUT2D eigenvalue weighted by Crippen LogP contribution is 2.29. The lowest BCUT2D eigenvalue weighted by Gasteiger charge is -2.35. The Morgan fingerprint density at radius 1 is 0.923 bits per heavy atom. The molecule has 0 bridgehead atoms. The predicted octanol–water partition coefficient (Wildman–Crippen LogP) is 2.23. The van der Waals surface area contributed by atoms with Crippen LogP contribution in [0.4, 0.5) is 24.9 Å². The highest BCUT2D eigenvalue weighted by Gasteiger charge is 2.31. The second kappa shape index (κ2) is 7.22. The maximum Gasteiger partial charge on any atom is 0.417 e. The van der Waals surface area contributed by atoms with Gasteiger partial charge in [0, 0.05) is 32.4 Å².